The maximum Gasteiger partial charge on any atom is 0.419 e. The molecular formula is C12H14N2O3. The van der Waals surface area contributed by atoms with E-state index < -0.39 is 11.3 Å². The fraction of sp³-hybridized carbons (Fsp3) is 0.333. The van der Waals surface area contributed by atoms with Crippen LogP contribution >= 0.6 is 0 Å². The van der Waals surface area contributed by atoms with Gasteiger partial charge in [-0.25, -0.2) is 4.79 Å². The van der Waals surface area contributed by atoms with E-state index in [2.05, 4.69) is 0 Å². The van der Waals surface area contributed by atoms with Crippen LogP contribution in [0.15, 0.2) is 27.4 Å². The van der Waals surface area contributed by atoms with Gasteiger partial charge in [-0.05, 0) is 32.0 Å². The lowest BCUT2D eigenvalue weighted by atomic mass is 9.94. The Balaban J connectivity index is 2.60. The van der Waals surface area contributed by atoms with Gasteiger partial charge in [0.25, 0.3) is 0 Å². The summed E-state index contributed by atoms with van der Waals surface area (Å²) in [5, 5.41) is 0. The van der Waals surface area contributed by atoms with Crippen molar-refractivity contribution in [3.05, 3.63) is 34.3 Å². The van der Waals surface area contributed by atoms with Gasteiger partial charge in [-0.1, -0.05) is 0 Å². The first-order valence-corrected chi connectivity index (χ1v) is 5.24. The molecule has 0 spiro atoms. The zero-order chi connectivity index (χ0) is 12.8. The van der Waals surface area contributed by atoms with E-state index in [0.717, 1.165) is 0 Å². The van der Waals surface area contributed by atoms with Gasteiger partial charge in [-0.3, -0.25) is 9.36 Å². The molecule has 5 nitrogen and oxygen atoms in total. The van der Waals surface area contributed by atoms with Crippen LogP contribution in [0.3, 0.4) is 0 Å². The first-order chi connectivity index (χ1) is 7.80. The van der Waals surface area contributed by atoms with E-state index in [0.29, 0.717) is 16.7 Å². The summed E-state index contributed by atoms with van der Waals surface area (Å²) in [6.45, 7) is 3.28. The first kappa shape index (κ1) is 11.6. The first-order valence-electron chi connectivity index (χ1n) is 5.24. The molecule has 1 heterocycles. The van der Waals surface area contributed by atoms with Crippen LogP contribution in [0.4, 0.5) is 0 Å². The molecule has 0 radical (unpaired) electrons. The van der Waals surface area contributed by atoms with Gasteiger partial charge in [0.15, 0.2) is 11.4 Å². The number of carbonyl (C=O) groups excluding carboxylic acids is 1. The molecular weight excluding hydrogens is 220 g/mol. The molecule has 17 heavy (non-hydrogen) atoms. The second-order valence-electron chi connectivity index (χ2n) is 4.66. The summed E-state index contributed by atoms with van der Waals surface area (Å²) in [6, 6.07) is 4.88. The van der Waals surface area contributed by atoms with E-state index >= 15 is 0 Å². The standard InChI is InChI=1S/C12H14N2O3/c1-12(2,13)10(15)7-4-5-8-9(6-7)17-11(16)14(8)3/h4-6H,13H2,1-3H3. The van der Waals surface area contributed by atoms with Crippen LogP contribution in [0, 0.1) is 0 Å². The van der Waals surface area contributed by atoms with Crippen molar-refractivity contribution in [3.8, 4) is 0 Å². The van der Waals surface area contributed by atoms with Crippen LogP contribution in [0.5, 0.6) is 0 Å². The van der Waals surface area contributed by atoms with Crippen molar-refractivity contribution in [3.63, 3.8) is 0 Å². The van der Waals surface area contributed by atoms with Crippen LogP contribution in [0.1, 0.15) is 24.2 Å². The number of fused-ring (bicyclic) bond motifs is 1. The van der Waals surface area contributed by atoms with Gasteiger partial charge in [0, 0.05) is 12.6 Å². The SMILES string of the molecule is Cn1c(=O)oc2cc(C(=O)C(C)(C)N)ccc21. The molecule has 0 aliphatic carbocycles. The molecule has 0 atom stereocenters. The molecule has 0 aliphatic heterocycles. The molecule has 2 aromatic rings. The molecule has 5 heteroatoms. The van der Waals surface area contributed by atoms with E-state index in [9.17, 15) is 9.59 Å². The molecule has 0 aliphatic rings. The lowest BCUT2D eigenvalue weighted by Gasteiger charge is -2.16. The minimum Gasteiger partial charge on any atom is -0.408 e. The van der Waals surface area contributed by atoms with E-state index in [1.807, 2.05) is 0 Å². The summed E-state index contributed by atoms with van der Waals surface area (Å²) in [5.74, 6) is -0.637. The highest BCUT2D eigenvalue weighted by molar-refractivity contribution is 6.04. The fourth-order valence-electron chi connectivity index (χ4n) is 1.65. The van der Waals surface area contributed by atoms with Crippen LogP contribution in [0.2, 0.25) is 0 Å². The Morgan fingerprint density at radius 1 is 1.41 bits per heavy atom. The summed E-state index contributed by atoms with van der Waals surface area (Å²) in [4.78, 5) is 23.3. The maximum atomic E-state index is 12.0. The van der Waals surface area contributed by atoms with E-state index in [1.54, 1.807) is 39.1 Å². The number of ketones is 1. The Morgan fingerprint density at radius 2 is 2.06 bits per heavy atom. The van der Waals surface area contributed by atoms with Crippen molar-refractivity contribution in [2.24, 2.45) is 12.8 Å². The molecule has 1 aromatic heterocycles. The average molecular weight is 234 g/mol. The lowest BCUT2D eigenvalue weighted by Crippen LogP contribution is -2.41. The smallest absolute Gasteiger partial charge is 0.408 e. The van der Waals surface area contributed by atoms with E-state index in [-0.39, 0.29) is 5.78 Å². The van der Waals surface area contributed by atoms with Gasteiger partial charge in [0.05, 0.1) is 11.1 Å². The quantitative estimate of drug-likeness (QED) is 0.788. The van der Waals surface area contributed by atoms with Crippen molar-refractivity contribution in [1.82, 2.24) is 4.57 Å². The minimum absolute atomic E-state index is 0.189. The molecule has 0 saturated carbocycles. The summed E-state index contributed by atoms with van der Waals surface area (Å²) >= 11 is 0. The highest BCUT2D eigenvalue weighted by atomic mass is 16.4. The number of nitrogens with two attached hydrogens (primary N) is 1. The minimum atomic E-state index is -0.942. The number of nitrogens with zero attached hydrogens (tertiary/aromatic N) is 1. The number of benzene rings is 1. The topological polar surface area (TPSA) is 78.2 Å². The van der Waals surface area contributed by atoms with Crippen molar-refractivity contribution in [2.45, 2.75) is 19.4 Å². The molecule has 0 bridgehead atoms. The second kappa shape index (κ2) is 3.56. The highest BCUT2D eigenvalue weighted by Gasteiger charge is 2.24. The third-order valence-corrected chi connectivity index (χ3v) is 2.64. The number of rotatable bonds is 2. The molecule has 2 N–H and O–H groups in total. The van der Waals surface area contributed by atoms with E-state index in [1.165, 1.54) is 4.57 Å². The second-order valence-corrected chi connectivity index (χ2v) is 4.66. The number of hydrogen-bond acceptors (Lipinski definition) is 4. The Labute approximate surface area is 97.8 Å². The number of aryl methyl sites for hydroxylation is 1. The fourth-order valence-corrected chi connectivity index (χ4v) is 1.65. The normalized spacial score (nSPS) is 12.0. The molecule has 1 aromatic carbocycles. The molecule has 0 fully saturated rings. The summed E-state index contributed by atoms with van der Waals surface area (Å²) in [7, 11) is 1.61. The average Bonchev–Trinajstić information content (AvgIpc) is 2.52. The number of hydrogen-bond donors (Lipinski definition) is 1. The van der Waals surface area contributed by atoms with Gasteiger partial charge >= 0.3 is 5.76 Å². The number of carbonyl (C=O) groups is 1. The van der Waals surface area contributed by atoms with Crippen LogP contribution in [-0.4, -0.2) is 15.9 Å². The Morgan fingerprint density at radius 3 is 2.65 bits per heavy atom. The third kappa shape index (κ3) is 1.89. The molecule has 90 valence electrons. The Hall–Kier alpha value is -1.88. The zero-order valence-corrected chi connectivity index (χ0v) is 9.98. The molecule has 0 amide bonds. The van der Waals surface area contributed by atoms with Gasteiger partial charge in [0.2, 0.25) is 0 Å². The van der Waals surface area contributed by atoms with Crippen molar-refractivity contribution >= 4 is 16.9 Å². The molecule has 0 unspecified atom stereocenters. The van der Waals surface area contributed by atoms with Crippen molar-refractivity contribution in [1.29, 1.82) is 0 Å². The van der Waals surface area contributed by atoms with Crippen LogP contribution in [-0.2, 0) is 7.05 Å². The molecule has 0 saturated heterocycles. The predicted molar refractivity (Wildman–Crippen MR) is 64.1 cm³/mol. The van der Waals surface area contributed by atoms with Gasteiger partial charge < -0.3 is 10.2 Å². The van der Waals surface area contributed by atoms with Crippen molar-refractivity contribution < 1.29 is 9.21 Å². The van der Waals surface area contributed by atoms with Crippen molar-refractivity contribution in [2.75, 3.05) is 0 Å². The van der Waals surface area contributed by atoms with Gasteiger partial charge in [-0.15, -0.1) is 0 Å². The lowest BCUT2D eigenvalue weighted by molar-refractivity contribution is 0.0913. The summed E-state index contributed by atoms with van der Waals surface area (Å²) < 4.78 is 6.40. The highest BCUT2D eigenvalue weighted by Crippen LogP contribution is 2.17. The van der Waals surface area contributed by atoms with Crippen LogP contribution < -0.4 is 11.5 Å². The van der Waals surface area contributed by atoms with Crippen LogP contribution in [0.25, 0.3) is 11.1 Å². The Bertz CT molecular complexity index is 644. The Kier molecular flexibility index (Phi) is 2.43. The number of Topliss-reactive ketones (excluding diaryl/α,β-unsaturated/α-hetero) is 1. The monoisotopic (exact) mass is 234 g/mol. The predicted octanol–water partition coefficient (Wildman–Crippen LogP) is 1.05. The molecule has 2 rings (SSSR count). The third-order valence-electron chi connectivity index (χ3n) is 2.64. The summed E-state index contributed by atoms with van der Waals surface area (Å²) in [5.41, 5.74) is 6.30. The summed E-state index contributed by atoms with van der Waals surface area (Å²) in [6.07, 6.45) is 0. The maximum absolute atomic E-state index is 12.0. The number of aromatic nitrogens is 1. The zero-order valence-electron chi connectivity index (χ0n) is 9.98. The number of oxazole rings is 1. The van der Waals surface area contributed by atoms with Gasteiger partial charge in [-0.2, -0.15) is 0 Å². The van der Waals surface area contributed by atoms with E-state index in [4.69, 9.17) is 10.2 Å². The van der Waals surface area contributed by atoms with Gasteiger partial charge in [0.1, 0.15) is 0 Å². The largest absolute Gasteiger partial charge is 0.419 e.